The second kappa shape index (κ2) is 7.16. The molecule has 1 N–H and O–H groups in total. The van der Waals surface area contributed by atoms with Crippen LogP contribution >= 0.6 is 0 Å². The number of ether oxygens (including phenoxy) is 1. The first kappa shape index (κ1) is 17.2. The number of hydrogen-bond donors (Lipinski definition) is 1. The van der Waals surface area contributed by atoms with Gasteiger partial charge in [0.15, 0.2) is 11.9 Å². The van der Waals surface area contributed by atoms with Gasteiger partial charge in [0.1, 0.15) is 11.8 Å². The van der Waals surface area contributed by atoms with Crippen LogP contribution in [0.25, 0.3) is 0 Å². The highest BCUT2D eigenvalue weighted by molar-refractivity contribution is 6.05. The molecular weight excluding hydrogens is 336 g/mol. The molecule has 136 valence electrons. The third kappa shape index (κ3) is 3.38. The zero-order valence-electron chi connectivity index (χ0n) is 15.4. The third-order valence-electron chi connectivity index (χ3n) is 4.83. The Balaban J connectivity index is 1.73. The van der Waals surface area contributed by atoms with Crippen LogP contribution in [0.4, 0.5) is 11.4 Å². The van der Waals surface area contributed by atoms with Crippen molar-refractivity contribution in [3.63, 3.8) is 0 Å². The molecule has 0 amide bonds. The molecule has 0 saturated heterocycles. The average Bonchev–Trinajstić information content (AvgIpc) is 2.71. The summed E-state index contributed by atoms with van der Waals surface area (Å²) < 4.78 is 6.28. The first-order valence-electron chi connectivity index (χ1n) is 9.02. The Kier molecular flexibility index (Phi) is 4.55. The minimum atomic E-state index is -0.493. The van der Waals surface area contributed by atoms with Gasteiger partial charge in [0.2, 0.25) is 0 Å². The summed E-state index contributed by atoms with van der Waals surface area (Å²) in [4.78, 5) is 15.3. The van der Waals surface area contributed by atoms with Crippen LogP contribution in [0.15, 0.2) is 78.9 Å². The molecule has 27 heavy (non-hydrogen) atoms. The quantitative estimate of drug-likeness (QED) is 0.743. The van der Waals surface area contributed by atoms with E-state index in [4.69, 9.17) is 4.74 Å². The summed E-state index contributed by atoms with van der Waals surface area (Å²) in [7, 11) is 4.01. The van der Waals surface area contributed by atoms with Crippen LogP contribution in [-0.2, 0) is 0 Å². The molecule has 0 spiro atoms. The summed E-state index contributed by atoms with van der Waals surface area (Å²) in [5.41, 5.74) is 3.59. The molecule has 4 nitrogen and oxygen atoms in total. The van der Waals surface area contributed by atoms with Gasteiger partial charge in [-0.25, -0.2) is 0 Å². The van der Waals surface area contributed by atoms with Crippen LogP contribution < -0.4 is 15.0 Å². The Morgan fingerprint density at radius 2 is 1.52 bits per heavy atom. The predicted molar refractivity (Wildman–Crippen MR) is 109 cm³/mol. The number of hydrogen-bond acceptors (Lipinski definition) is 4. The highest BCUT2D eigenvalue weighted by atomic mass is 16.5. The number of para-hydroxylation sites is 2. The van der Waals surface area contributed by atoms with E-state index in [2.05, 4.69) is 5.32 Å². The highest BCUT2D eigenvalue weighted by Gasteiger charge is 2.38. The van der Waals surface area contributed by atoms with Crippen molar-refractivity contribution in [1.29, 1.82) is 0 Å². The lowest BCUT2D eigenvalue weighted by atomic mass is 9.91. The molecule has 2 atom stereocenters. The van der Waals surface area contributed by atoms with Crippen molar-refractivity contribution in [1.82, 2.24) is 0 Å². The first-order valence-corrected chi connectivity index (χ1v) is 9.02. The van der Waals surface area contributed by atoms with Gasteiger partial charge in [-0.15, -0.1) is 0 Å². The van der Waals surface area contributed by atoms with Crippen molar-refractivity contribution in [2.45, 2.75) is 12.1 Å². The largest absolute Gasteiger partial charge is 0.482 e. The van der Waals surface area contributed by atoms with E-state index >= 15 is 0 Å². The molecular formula is C23H22N2O2. The summed E-state index contributed by atoms with van der Waals surface area (Å²) >= 11 is 0. The van der Waals surface area contributed by atoms with Gasteiger partial charge in [-0.1, -0.05) is 42.5 Å². The van der Waals surface area contributed by atoms with Gasteiger partial charge < -0.3 is 15.0 Å². The van der Waals surface area contributed by atoms with Crippen molar-refractivity contribution in [3.8, 4) is 5.75 Å². The number of rotatable bonds is 4. The number of carbonyl (C=O) groups excluding carboxylic acids is 1. The SMILES string of the molecule is CN(C)c1ccc(C2Oc3ccccc3C(=O)C2Nc2ccccc2)cc1. The van der Waals surface area contributed by atoms with Gasteiger partial charge in [0, 0.05) is 25.5 Å². The molecule has 1 aliphatic rings. The molecule has 3 aromatic carbocycles. The van der Waals surface area contributed by atoms with Gasteiger partial charge in [-0.05, 0) is 42.0 Å². The normalized spacial score (nSPS) is 18.4. The Hall–Kier alpha value is -3.27. The third-order valence-corrected chi connectivity index (χ3v) is 4.83. The van der Waals surface area contributed by atoms with Crippen LogP contribution in [0.2, 0.25) is 0 Å². The van der Waals surface area contributed by atoms with E-state index in [1.54, 1.807) is 0 Å². The second-order valence-electron chi connectivity index (χ2n) is 6.87. The number of nitrogens with zero attached hydrogens (tertiary/aromatic N) is 1. The molecule has 0 bridgehead atoms. The molecule has 0 fully saturated rings. The number of benzene rings is 3. The summed E-state index contributed by atoms with van der Waals surface area (Å²) in [6.45, 7) is 0. The molecule has 0 aromatic heterocycles. The summed E-state index contributed by atoms with van der Waals surface area (Å²) in [5, 5.41) is 3.37. The van der Waals surface area contributed by atoms with E-state index in [0.29, 0.717) is 11.3 Å². The van der Waals surface area contributed by atoms with E-state index in [1.165, 1.54) is 0 Å². The molecule has 2 unspecified atom stereocenters. The maximum Gasteiger partial charge on any atom is 0.192 e. The summed E-state index contributed by atoms with van der Waals surface area (Å²) in [6.07, 6.45) is -0.399. The first-order chi connectivity index (χ1) is 13.1. The van der Waals surface area contributed by atoms with Crippen molar-refractivity contribution < 1.29 is 9.53 Å². The van der Waals surface area contributed by atoms with E-state index in [0.717, 1.165) is 16.9 Å². The Labute approximate surface area is 159 Å². The minimum Gasteiger partial charge on any atom is -0.482 e. The fourth-order valence-electron chi connectivity index (χ4n) is 3.36. The molecule has 0 radical (unpaired) electrons. The fraction of sp³-hybridized carbons (Fsp3) is 0.174. The molecule has 0 aliphatic carbocycles. The maximum absolute atomic E-state index is 13.2. The lowest BCUT2D eigenvalue weighted by molar-refractivity contribution is 0.0812. The number of Topliss-reactive ketones (excluding diaryl/α,β-unsaturated/α-hetero) is 1. The maximum atomic E-state index is 13.2. The van der Waals surface area contributed by atoms with Gasteiger partial charge in [-0.3, -0.25) is 4.79 Å². The second-order valence-corrected chi connectivity index (χ2v) is 6.87. The van der Waals surface area contributed by atoms with Gasteiger partial charge in [-0.2, -0.15) is 0 Å². The van der Waals surface area contributed by atoms with Crippen LogP contribution in [0.3, 0.4) is 0 Å². The number of ketones is 1. The standard InChI is InChI=1S/C23H22N2O2/c1-25(2)18-14-12-16(13-15-18)23-21(24-17-8-4-3-5-9-17)22(26)19-10-6-7-11-20(19)27-23/h3-15,21,23-24H,1-2H3. The lowest BCUT2D eigenvalue weighted by Gasteiger charge is -2.34. The minimum absolute atomic E-state index is 0.0439. The Morgan fingerprint density at radius 1 is 0.852 bits per heavy atom. The molecule has 1 aliphatic heterocycles. The van der Waals surface area contributed by atoms with Crippen molar-refractivity contribution >= 4 is 17.2 Å². The fourth-order valence-corrected chi connectivity index (χ4v) is 3.36. The van der Waals surface area contributed by atoms with Crippen molar-refractivity contribution in [2.75, 3.05) is 24.3 Å². The topological polar surface area (TPSA) is 41.6 Å². The van der Waals surface area contributed by atoms with E-state index in [9.17, 15) is 4.79 Å². The predicted octanol–water partition coefficient (Wildman–Crippen LogP) is 4.55. The number of nitrogens with one attached hydrogen (secondary N) is 1. The number of carbonyl (C=O) groups is 1. The van der Waals surface area contributed by atoms with Crippen LogP contribution in [0.5, 0.6) is 5.75 Å². The Morgan fingerprint density at radius 3 is 2.22 bits per heavy atom. The number of fused-ring (bicyclic) bond motifs is 1. The number of anilines is 2. The lowest BCUT2D eigenvalue weighted by Crippen LogP contribution is -2.42. The smallest absolute Gasteiger partial charge is 0.192 e. The van der Waals surface area contributed by atoms with E-state index in [-0.39, 0.29) is 5.78 Å². The summed E-state index contributed by atoms with van der Waals surface area (Å²) in [6, 6.07) is 24.9. The summed E-state index contributed by atoms with van der Waals surface area (Å²) in [5.74, 6) is 0.678. The average molecular weight is 358 g/mol. The van der Waals surface area contributed by atoms with Crippen molar-refractivity contribution in [3.05, 3.63) is 90.0 Å². The van der Waals surface area contributed by atoms with Crippen molar-refractivity contribution in [2.24, 2.45) is 0 Å². The van der Waals surface area contributed by atoms with E-state index in [1.807, 2.05) is 97.9 Å². The molecule has 3 aromatic rings. The van der Waals surface area contributed by atoms with Crippen LogP contribution in [-0.4, -0.2) is 25.9 Å². The monoisotopic (exact) mass is 358 g/mol. The highest BCUT2D eigenvalue weighted by Crippen LogP contribution is 2.36. The molecule has 1 heterocycles. The molecule has 0 saturated carbocycles. The zero-order valence-corrected chi connectivity index (χ0v) is 15.4. The van der Waals surface area contributed by atoms with E-state index < -0.39 is 12.1 Å². The Bertz CT molecular complexity index is 936. The van der Waals surface area contributed by atoms with Crippen LogP contribution in [0.1, 0.15) is 22.0 Å². The molecule has 4 heteroatoms. The van der Waals surface area contributed by atoms with Gasteiger partial charge in [0.25, 0.3) is 0 Å². The van der Waals surface area contributed by atoms with Gasteiger partial charge >= 0.3 is 0 Å². The zero-order chi connectivity index (χ0) is 18.8. The van der Waals surface area contributed by atoms with Crippen LogP contribution in [0, 0.1) is 0 Å². The molecule has 4 rings (SSSR count). The van der Waals surface area contributed by atoms with Gasteiger partial charge in [0.05, 0.1) is 5.56 Å².